The van der Waals surface area contributed by atoms with E-state index in [0.29, 0.717) is 0 Å². The van der Waals surface area contributed by atoms with Crippen LogP contribution in [0, 0.1) is 0 Å². The predicted molar refractivity (Wildman–Crippen MR) is 114 cm³/mol. The van der Waals surface area contributed by atoms with E-state index in [2.05, 4.69) is 26.5 Å². The topological polar surface area (TPSA) is 156 Å². The van der Waals surface area contributed by atoms with Gasteiger partial charge in [0.2, 0.25) is 11.8 Å². The second-order valence-electron chi connectivity index (χ2n) is 5.94. The first kappa shape index (κ1) is 25.2. The first-order chi connectivity index (χ1) is 14.7. The standard InChI is InChI=1S/C19H27N5O7/c1-6-30-18(27)16(10-20-24-12(4)26)22-15-8-13(23-19(28)31-7-2)14(21-11(3)25)9-17(15)29-5/h8-10,16,22H,6-7H2,1-5H3,(H,21,25)(H,23,28)(H,24,26)/b20-10+. The van der Waals surface area contributed by atoms with Crippen LogP contribution in [0.4, 0.5) is 21.9 Å². The summed E-state index contributed by atoms with van der Waals surface area (Å²) in [4.78, 5) is 46.8. The van der Waals surface area contributed by atoms with Crippen molar-refractivity contribution in [3.63, 3.8) is 0 Å². The highest BCUT2D eigenvalue weighted by atomic mass is 16.5. The van der Waals surface area contributed by atoms with Crippen molar-refractivity contribution in [2.75, 3.05) is 36.3 Å². The van der Waals surface area contributed by atoms with E-state index in [9.17, 15) is 19.2 Å². The minimum Gasteiger partial charge on any atom is -0.495 e. The van der Waals surface area contributed by atoms with Crippen molar-refractivity contribution in [3.05, 3.63) is 12.1 Å². The Morgan fingerprint density at radius 2 is 1.61 bits per heavy atom. The van der Waals surface area contributed by atoms with Crippen molar-refractivity contribution in [2.45, 2.75) is 33.7 Å². The number of nitrogens with one attached hydrogen (secondary N) is 4. The molecule has 4 N–H and O–H groups in total. The zero-order valence-electron chi connectivity index (χ0n) is 18.0. The lowest BCUT2D eigenvalue weighted by atomic mass is 10.2. The van der Waals surface area contributed by atoms with E-state index >= 15 is 0 Å². The van der Waals surface area contributed by atoms with Crippen LogP contribution >= 0.6 is 0 Å². The van der Waals surface area contributed by atoms with Gasteiger partial charge in [-0.15, -0.1) is 0 Å². The fraction of sp³-hybridized carbons (Fsp3) is 0.421. The highest BCUT2D eigenvalue weighted by Crippen LogP contribution is 2.35. The molecule has 0 aliphatic heterocycles. The minimum atomic E-state index is -1.09. The zero-order valence-corrected chi connectivity index (χ0v) is 18.0. The molecule has 0 aliphatic rings. The van der Waals surface area contributed by atoms with Crippen LogP contribution in [-0.4, -0.2) is 56.5 Å². The van der Waals surface area contributed by atoms with Crippen LogP contribution in [0.15, 0.2) is 17.2 Å². The van der Waals surface area contributed by atoms with E-state index in [1.807, 2.05) is 0 Å². The largest absolute Gasteiger partial charge is 0.495 e. The Morgan fingerprint density at radius 3 is 2.16 bits per heavy atom. The Labute approximate surface area is 179 Å². The highest BCUT2D eigenvalue weighted by molar-refractivity contribution is 6.01. The number of esters is 1. The van der Waals surface area contributed by atoms with Crippen molar-refractivity contribution in [3.8, 4) is 5.75 Å². The SMILES string of the molecule is CCOC(=O)Nc1cc(NC(/C=N/NC(C)=O)C(=O)OCC)c(OC)cc1NC(C)=O. The van der Waals surface area contributed by atoms with Crippen LogP contribution in [0.3, 0.4) is 0 Å². The Balaban J connectivity index is 3.35. The molecule has 1 atom stereocenters. The lowest BCUT2D eigenvalue weighted by Crippen LogP contribution is -2.34. The quantitative estimate of drug-likeness (QED) is 0.245. The molecule has 0 spiro atoms. The molecule has 0 saturated heterocycles. The number of benzene rings is 1. The minimum absolute atomic E-state index is 0.124. The molecule has 0 aliphatic carbocycles. The molecule has 12 nitrogen and oxygen atoms in total. The molecule has 0 heterocycles. The van der Waals surface area contributed by atoms with Gasteiger partial charge in [0.05, 0.1) is 43.6 Å². The number of hydrogen-bond donors (Lipinski definition) is 4. The summed E-state index contributed by atoms with van der Waals surface area (Å²) in [5.74, 6) is -1.21. The number of nitrogens with zero attached hydrogens (tertiary/aromatic N) is 1. The molecule has 170 valence electrons. The second-order valence-corrected chi connectivity index (χ2v) is 5.94. The summed E-state index contributed by atoms with van der Waals surface area (Å²) < 4.78 is 15.2. The number of hydrogen-bond acceptors (Lipinski definition) is 9. The lowest BCUT2D eigenvalue weighted by molar-refractivity contribution is -0.142. The van der Waals surface area contributed by atoms with Gasteiger partial charge in [0.1, 0.15) is 5.75 Å². The summed E-state index contributed by atoms with van der Waals surface area (Å²) in [5.41, 5.74) is 2.92. The highest BCUT2D eigenvalue weighted by Gasteiger charge is 2.21. The van der Waals surface area contributed by atoms with Gasteiger partial charge in [-0.1, -0.05) is 0 Å². The van der Waals surface area contributed by atoms with Gasteiger partial charge in [0.15, 0.2) is 6.04 Å². The third-order valence-electron chi connectivity index (χ3n) is 3.46. The monoisotopic (exact) mass is 437 g/mol. The molecule has 12 heteroatoms. The molecule has 1 unspecified atom stereocenters. The maximum absolute atomic E-state index is 12.3. The third kappa shape index (κ3) is 8.60. The van der Waals surface area contributed by atoms with Gasteiger partial charge in [0.25, 0.3) is 0 Å². The molecular weight excluding hydrogens is 410 g/mol. The van der Waals surface area contributed by atoms with E-state index in [1.54, 1.807) is 13.8 Å². The number of rotatable bonds is 10. The van der Waals surface area contributed by atoms with E-state index in [1.165, 1.54) is 33.1 Å². The molecular formula is C19H27N5O7. The van der Waals surface area contributed by atoms with Crippen molar-refractivity contribution < 1.29 is 33.4 Å². The smallest absolute Gasteiger partial charge is 0.411 e. The van der Waals surface area contributed by atoms with Crippen LogP contribution in [0.2, 0.25) is 0 Å². The van der Waals surface area contributed by atoms with Crippen molar-refractivity contribution in [1.29, 1.82) is 0 Å². The normalized spacial score (nSPS) is 11.3. The van der Waals surface area contributed by atoms with Gasteiger partial charge in [-0.05, 0) is 19.9 Å². The fourth-order valence-electron chi connectivity index (χ4n) is 2.29. The summed E-state index contributed by atoms with van der Waals surface area (Å²) in [5, 5.41) is 11.7. The Morgan fingerprint density at radius 1 is 0.968 bits per heavy atom. The molecule has 3 amide bonds. The maximum atomic E-state index is 12.3. The second kappa shape index (κ2) is 12.7. The Kier molecular flexibility index (Phi) is 10.3. The molecule has 0 aromatic heterocycles. The van der Waals surface area contributed by atoms with Crippen LogP contribution in [0.5, 0.6) is 5.75 Å². The van der Waals surface area contributed by atoms with Crippen LogP contribution in [0.25, 0.3) is 0 Å². The van der Waals surface area contributed by atoms with Crippen molar-refractivity contribution >= 4 is 47.2 Å². The van der Waals surface area contributed by atoms with E-state index < -0.39 is 24.0 Å². The summed E-state index contributed by atoms with van der Waals surface area (Å²) in [6.07, 6.45) is 0.415. The number of methoxy groups -OCH3 is 1. The van der Waals surface area contributed by atoms with Gasteiger partial charge in [-0.2, -0.15) is 5.10 Å². The number of carbonyl (C=O) groups excluding carboxylic acids is 4. The van der Waals surface area contributed by atoms with Crippen LogP contribution in [0.1, 0.15) is 27.7 Å². The average Bonchev–Trinajstić information content (AvgIpc) is 2.68. The van der Waals surface area contributed by atoms with E-state index in [-0.39, 0.29) is 41.9 Å². The van der Waals surface area contributed by atoms with Gasteiger partial charge < -0.3 is 24.8 Å². The van der Waals surface area contributed by atoms with Gasteiger partial charge in [-0.25, -0.2) is 15.0 Å². The maximum Gasteiger partial charge on any atom is 0.411 e. The Bertz CT molecular complexity index is 841. The molecule has 0 radical (unpaired) electrons. The van der Waals surface area contributed by atoms with Gasteiger partial charge in [0, 0.05) is 19.9 Å². The third-order valence-corrected chi connectivity index (χ3v) is 3.46. The zero-order chi connectivity index (χ0) is 23.4. The summed E-state index contributed by atoms with van der Waals surface area (Å²) in [6, 6.07) is 1.81. The summed E-state index contributed by atoms with van der Waals surface area (Å²) >= 11 is 0. The molecule has 31 heavy (non-hydrogen) atoms. The van der Waals surface area contributed by atoms with Gasteiger partial charge >= 0.3 is 12.1 Å². The molecule has 0 saturated carbocycles. The molecule has 1 rings (SSSR count). The number of hydrazone groups is 1. The summed E-state index contributed by atoms with van der Waals surface area (Å²) in [6.45, 7) is 6.13. The van der Waals surface area contributed by atoms with E-state index in [0.717, 1.165) is 6.21 Å². The molecule has 1 aromatic carbocycles. The number of anilines is 3. The molecule has 0 fully saturated rings. The number of carbonyl (C=O) groups is 4. The molecule has 0 bridgehead atoms. The predicted octanol–water partition coefficient (Wildman–Crippen LogP) is 1.69. The average molecular weight is 437 g/mol. The first-order valence-corrected chi connectivity index (χ1v) is 9.38. The van der Waals surface area contributed by atoms with Gasteiger partial charge in [-0.3, -0.25) is 14.9 Å². The summed E-state index contributed by atoms with van der Waals surface area (Å²) in [7, 11) is 1.39. The first-order valence-electron chi connectivity index (χ1n) is 9.38. The van der Waals surface area contributed by atoms with Crippen LogP contribution < -0.4 is 26.1 Å². The Hall–Kier alpha value is -3.83. The lowest BCUT2D eigenvalue weighted by Gasteiger charge is -2.20. The van der Waals surface area contributed by atoms with E-state index in [4.69, 9.17) is 14.2 Å². The van der Waals surface area contributed by atoms with Crippen molar-refractivity contribution in [1.82, 2.24) is 5.43 Å². The van der Waals surface area contributed by atoms with Crippen molar-refractivity contribution in [2.24, 2.45) is 5.10 Å². The number of ether oxygens (including phenoxy) is 3. The number of amides is 3. The fourth-order valence-corrected chi connectivity index (χ4v) is 2.29. The van der Waals surface area contributed by atoms with Crippen LogP contribution in [-0.2, 0) is 23.9 Å². The molecule has 1 aromatic rings.